The van der Waals surface area contributed by atoms with Crippen molar-refractivity contribution in [3.8, 4) is 0 Å². The highest BCUT2D eigenvalue weighted by molar-refractivity contribution is 5.67. The summed E-state index contributed by atoms with van der Waals surface area (Å²) in [5, 5.41) is 11.7. The Bertz CT molecular complexity index is 161. The number of rotatable bonds is 4. The summed E-state index contributed by atoms with van der Waals surface area (Å²) >= 11 is 0. The molecule has 0 heterocycles. The van der Waals surface area contributed by atoms with Gasteiger partial charge in [0.05, 0.1) is 12.2 Å². The standard InChI is InChI=1S/C9H19NO3/c1-7(2)5-13-8(11)10-6-9(3,4)12/h7,12H,5-6H2,1-4H3,(H,10,11). The molecule has 0 rings (SSSR count). The summed E-state index contributed by atoms with van der Waals surface area (Å²) < 4.78 is 4.84. The van der Waals surface area contributed by atoms with Gasteiger partial charge >= 0.3 is 6.09 Å². The molecule has 0 unspecified atom stereocenters. The van der Waals surface area contributed by atoms with Crippen LogP contribution in [0.1, 0.15) is 27.7 Å². The quantitative estimate of drug-likeness (QED) is 0.697. The average Bonchev–Trinajstić information content (AvgIpc) is 1.95. The monoisotopic (exact) mass is 189 g/mol. The molecule has 13 heavy (non-hydrogen) atoms. The van der Waals surface area contributed by atoms with E-state index in [9.17, 15) is 9.90 Å². The molecule has 0 radical (unpaired) electrons. The van der Waals surface area contributed by atoms with Crippen molar-refractivity contribution in [3.05, 3.63) is 0 Å². The second-order valence-corrected chi connectivity index (χ2v) is 4.16. The molecule has 0 aromatic carbocycles. The second kappa shape index (κ2) is 5.07. The predicted molar refractivity (Wildman–Crippen MR) is 50.5 cm³/mol. The van der Waals surface area contributed by atoms with Gasteiger partial charge in [0.15, 0.2) is 0 Å². The van der Waals surface area contributed by atoms with E-state index in [0.29, 0.717) is 12.5 Å². The zero-order valence-electron chi connectivity index (χ0n) is 8.76. The molecule has 0 saturated heterocycles. The van der Waals surface area contributed by atoms with E-state index in [0.717, 1.165) is 0 Å². The van der Waals surface area contributed by atoms with Crippen LogP contribution in [0.3, 0.4) is 0 Å². The van der Waals surface area contributed by atoms with E-state index in [1.54, 1.807) is 13.8 Å². The first-order chi connectivity index (χ1) is 5.81. The summed E-state index contributed by atoms with van der Waals surface area (Å²) in [6.45, 7) is 7.76. The van der Waals surface area contributed by atoms with Crippen molar-refractivity contribution in [1.29, 1.82) is 0 Å². The van der Waals surface area contributed by atoms with E-state index < -0.39 is 11.7 Å². The summed E-state index contributed by atoms with van der Waals surface area (Å²) in [5.41, 5.74) is -0.892. The second-order valence-electron chi connectivity index (χ2n) is 4.16. The molecule has 0 bridgehead atoms. The van der Waals surface area contributed by atoms with Crippen LogP contribution in [0.2, 0.25) is 0 Å². The molecular weight excluding hydrogens is 170 g/mol. The highest BCUT2D eigenvalue weighted by atomic mass is 16.5. The van der Waals surface area contributed by atoms with Crippen LogP contribution in [0, 0.1) is 5.92 Å². The molecule has 0 aliphatic rings. The Labute approximate surface area is 79.3 Å². The van der Waals surface area contributed by atoms with Crippen molar-refractivity contribution < 1.29 is 14.6 Å². The normalized spacial score (nSPS) is 11.5. The van der Waals surface area contributed by atoms with Gasteiger partial charge in [0.1, 0.15) is 0 Å². The minimum atomic E-state index is -0.892. The number of ether oxygens (including phenoxy) is 1. The summed E-state index contributed by atoms with van der Waals surface area (Å²) in [7, 11) is 0. The van der Waals surface area contributed by atoms with E-state index >= 15 is 0 Å². The molecule has 2 N–H and O–H groups in total. The Morgan fingerprint density at radius 3 is 2.46 bits per heavy atom. The number of carbonyl (C=O) groups is 1. The molecule has 0 aromatic rings. The van der Waals surface area contributed by atoms with Crippen molar-refractivity contribution >= 4 is 6.09 Å². The van der Waals surface area contributed by atoms with Crippen molar-refractivity contribution in [2.45, 2.75) is 33.3 Å². The van der Waals surface area contributed by atoms with Crippen molar-refractivity contribution in [2.24, 2.45) is 5.92 Å². The van der Waals surface area contributed by atoms with Crippen LogP contribution in [0.4, 0.5) is 4.79 Å². The largest absolute Gasteiger partial charge is 0.449 e. The number of aliphatic hydroxyl groups is 1. The van der Waals surface area contributed by atoms with Gasteiger partial charge in [0, 0.05) is 6.54 Å². The van der Waals surface area contributed by atoms with E-state index in [1.165, 1.54) is 0 Å². The van der Waals surface area contributed by atoms with Crippen LogP contribution < -0.4 is 5.32 Å². The lowest BCUT2D eigenvalue weighted by molar-refractivity contribution is 0.0723. The van der Waals surface area contributed by atoms with Gasteiger partial charge < -0.3 is 15.2 Å². The number of nitrogens with one attached hydrogen (secondary N) is 1. The minimum absolute atomic E-state index is 0.198. The molecule has 0 saturated carbocycles. The smallest absolute Gasteiger partial charge is 0.407 e. The number of hydrogen-bond acceptors (Lipinski definition) is 3. The molecule has 78 valence electrons. The zero-order valence-corrected chi connectivity index (χ0v) is 8.76. The Kier molecular flexibility index (Phi) is 4.77. The van der Waals surface area contributed by atoms with Crippen LogP contribution >= 0.6 is 0 Å². The Morgan fingerprint density at radius 1 is 1.54 bits per heavy atom. The zero-order chi connectivity index (χ0) is 10.5. The Balaban J connectivity index is 3.53. The van der Waals surface area contributed by atoms with Crippen LogP contribution in [-0.2, 0) is 4.74 Å². The number of carbonyl (C=O) groups excluding carboxylic acids is 1. The molecule has 0 fully saturated rings. The van der Waals surface area contributed by atoms with Gasteiger partial charge in [-0.2, -0.15) is 0 Å². The molecule has 0 aromatic heterocycles. The SMILES string of the molecule is CC(C)COC(=O)NCC(C)(C)O. The summed E-state index contributed by atoms with van der Waals surface area (Å²) in [6, 6.07) is 0. The van der Waals surface area contributed by atoms with Crippen LogP contribution in [-0.4, -0.2) is 30.0 Å². The fourth-order valence-electron chi connectivity index (χ4n) is 0.582. The van der Waals surface area contributed by atoms with Gasteiger partial charge in [-0.3, -0.25) is 0 Å². The highest BCUT2D eigenvalue weighted by Crippen LogP contribution is 1.98. The first-order valence-electron chi connectivity index (χ1n) is 4.44. The lowest BCUT2D eigenvalue weighted by Crippen LogP contribution is -2.38. The number of hydrogen-bond donors (Lipinski definition) is 2. The molecular formula is C9H19NO3. The summed E-state index contributed by atoms with van der Waals surface area (Å²) in [6.07, 6.45) is -0.476. The van der Waals surface area contributed by atoms with Crippen LogP contribution in [0.25, 0.3) is 0 Å². The maximum absolute atomic E-state index is 10.9. The fourth-order valence-corrected chi connectivity index (χ4v) is 0.582. The van der Waals surface area contributed by atoms with Crippen molar-refractivity contribution in [2.75, 3.05) is 13.2 Å². The van der Waals surface area contributed by atoms with E-state index in [2.05, 4.69) is 5.32 Å². The van der Waals surface area contributed by atoms with Gasteiger partial charge in [-0.1, -0.05) is 13.8 Å². The number of amides is 1. The van der Waals surface area contributed by atoms with Gasteiger partial charge in [-0.15, -0.1) is 0 Å². The third-order valence-electron chi connectivity index (χ3n) is 1.21. The third kappa shape index (κ3) is 9.14. The van der Waals surface area contributed by atoms with Crippen molar-refractivity contribution in [1.82, 2.24) is 5.32 Å². The van der Waals surface area contributed by atoms with E-state index in [4.69, 9.17) is 4.74 Å². The average molecular weight is 189 g/mol. The minimum Gasteiger partial charge on any atom is -0.449 e. The topological polar surface area (TPSA) is 58.6 Å². The Morgan fingerprint density at radius 2 is 2.08 bits per heavy atom. The predicted octanol–water partition coefficient (Wildman–Crippen LogP) is 1.14. The van der Waals surface area contributed by atoms with Crippen LogP contribution in [0.15, 0.2) is 0 Å². The van der Waals surface area contributed by atoms with Crippen molar-refractivity contribution in [3.63, 3.8) is 0 Å². The highest BCUT2D eigenvalue weighted by Gasteiger charge is 2.14. The molecule has 0 atom stereocenters. The Hall–Kier alpha value is -0.770. The maximum atomic E-state index is 10.9. The fraction of sp³-hybridized carbons (Fsp3) is 0.889. The lowest BCUT2D eigenvalue weighted by atomic mass is 10.1. The maximum Gasteiger partial charge on any atom is 0.407 e. The van der Waals surface area contributed by atoms with Gasteiger partial charge in [0.2, 0.25) is 0 Å². The van der Waals surface area contributed by atoms with Gasteiger partial charge in [-0.05, 0) is 19.8 Å². The summed E-state index contributed by atoms with van der Waals surface area (Å²) in [5.74, 6) is 0.327. The molecule has 4 nitrogen and oxygen atoms in total. The van der Waals surface area contributed by atoms with Gasteiger partial charge in [0.25, 0.3) is 0 Å². The summed E-state index contributed by atoms with van der Waals surface area (Å²) in [4.78, 5) is 10.9. The third-order valence-corrected chi connectivity index (χ3v) is 1.21. The molecule has 0 spiro atoms. The van der Waals surface area contributed by atoms with E-state index in [1.807, 2.05) is 13.8 Å². The van der Waals surface area contributed by atoms with Gasteiger partial charge in [-0.25, -0.2) is 4.79 Å². The molecule has 0 aliphatic carbocycles. The molecule has 1 amide bonds. The van der Waals surface area contributed by atoms with Crippen LogP contribution in [0.5, 0.6) is 0 Å². The first-order valence-corrected chi connectivity index (χ1v) is 4.44. The van der Waals surface area contributed by atoms with E-state index in [-0.39, 0.29) is 6.54 Å². The first kappa shape index (κ1) is 12.2. The number of alkyl carbamates (subject to hydrolysis) is 1. The molecule has 4 heteroatoms. The molecule has 0 aliphatic heterocycles. The lowest BCUT2D eigenvalue weighted by Gasteiger charge is -2.17.